The molecule has 1 aromatic rings. The van der Waals surface area contributed by atoms with E-state index in [1.165, 1.54) is 12.8 Å². The largest absolute Gasteiger partial charge is 0.355 e. The fourth-order valence-corrected chi connectivity index (χ4v) is 2.51. The molecule has 1 aliphatic rings. The molecule has 0 spiro atoms. The van der Waals surface area contributed by atoms with Crippen molar-refractivity contribution in [3.8, 4) is 0 Å². The Labute approximate surface area is 104 Å². The molecule has 0 saturated carbocycles. The molecule has 1 saturated heterocycles. The Kier molecular flexibility index (Phi) is 3.97. The van der Waals surface area contributed by atoms with Gasteiger partial charge in [-0.1, -0.05) is 20.8 Å². The number of rotatable bonds is 3. The maximum Gasteiger partial charge on any atom is 0.147 e. The minimum Gasteiger partial charge on any atom is -0.355 e. The van der Waals surface area contributed by atoms with Gasteiger partial charge in [0.05, 0.1) is 11.9 Å². The van der Waals surface area contributed by atoms with Crippen LogP contribution in [0.1, 0.15) is 39.3 Å². The molecule has 2 rings (SSSR count). The van der Waals surface area contributed by atoms with Gasteiger partial charge in [-0.25, -0.2) is 4.98 Å². The number of aromatic nitrogens is 2. The zero-order valence-corrected chi connectivity index (χ0v) is 11.2. The van der Waals surface area contributed by atoms with Crippen LogP contribution in [0.15, 0.2) is 12.4 Å². The van der Waals surface area contributed by atoms with E-state index in [-0.39, 0.29) is 0 Å². The summed E-state index contributed by atoms with van der Waals surface area (Å²) in [6, 6.07) is 0. The van der Waals surface area contributed by atoms with Gasteiger partial charge in [-0.3, -0.25) is 4.98 Å². The standard InChI is InChI=1S/C14H23N3/c1-4-13-9-15-10-14(16-13)17-7-5-12(6-8-17)11(2)3/h9-12H,4-8H2,1-3H3. The van der Waals surface area contributed by atoms with E-state index < -0.39 is 0 Å². The van der Waals surface area contributed by atoms with E-state index in [4.69, 9.17) is 0 Å². The lowest BCUT2D eigenvalue weighted by Crippen LogP contribution is -2.35. The predicted molar refractivity (Wildman–Crippen MR) is 71.2 cm³/mol. The highest BCUT2D eigenvalue weighted by Gasteiger charge is 2.22. The molecule has 3 heteroatoms. The molecule has 1 aliphatic heterocycles. The quantitative estimate of drug-likeness (QED) is 0.804. The van der Waals surface area contributed by atoms with Crippen molar-refractivity contribution in [3.05, 3.63) is 18.1 Å². The van der Waals surface area contributed by atoms with Gasteiger partial charge in [-0.2, -0.15) is 0 Å². The maximum absolute atomic E-state index is 4.65. The van der Waals surface area contributed by atoms with Crippen molar-refractivity contribution in [2.45, 2.75) is 40.0 Å². The van der Waals surface area contributed by atoms with Crippen LogP contribution < -0.4 is 4.90 Å². The fraction of sp³-hybridized carbons (Fsp3) is 0.714. The van der Waals surface area contributed by atoms with Crippen molar-refractivity contribution in [3.63, 3.8) is 0 Å². The van der Waals surface area contributed by atoms with Gasteiger partial charge in [0.1, 0.15) is 5.82 Å². The van der Waals surface area contributed by atoms with E-state index in [9.17, 15) is 0 Å². The van der Waals surface area contributed by atoms with E-state index in [0.29, 0.717) is 0 Å². The van der Waals surface area contributed by atoms with Crippen LogP contribution in [0.5, 0.6) is 0 Å². The Hall–Kier alpha value is -1.12. The highest BCUT2D eigenvalue weighted by atomic mass is 15.2. The van der Waals surface area contributed by atoms with Crippen LogP contribution in [-0.4, -0.2) is 23.1 Å². The molecule has 94 valence electrons. The molecule has 0 amide bonds. The molecule has 2 heterocycles. The van der Waals surface area contributed by atoms with Crippen molar-refractivity contribution in [1.29, 1.82) is 0 Å². The Morgan fingerprint density at radius 2 is 2.00 bits per heavy atom. The lowest BCUT2D eigenvalue weighted by molar-refractivity contribution is 0.310. The predicted octanol–water partition coefficient (Wildman–Crippen LogP) is 2.91. The minimum atomic E-state index is 0.810. The molecular formula is C14H23N3. The highest BCUT2D eigenvalue weighted by molar-refractivity contribution is 5.36. The van der Waals surface area contributed by atoms with Gasteiger partial charge in [0, 0.05) is 19.3 Å². The first-order valence-electron chi connectivity index (χ1n) is 6.76. The number of piperidine rings is 1. The molecule has 3 nitrogen and oxygen atoms in total. The average Bonchev–Trinajstić information content (AvgIpc) is 2.39. The molecule has 0 aromatic carbocycles. The summed E-state index contributed by atoms with van der Waals surface area (Å²) in [5, 5.41) is 0. The average molecular weight is 233 g/mol. The summed E-state index contributed by atoms with van der Waals surface area (Å²) < 4.78 is 0. The minimum absolute atomic E-state index is 0.810. The van der Waals surface area contributed by atoms with E-state index in [2.05, 4.69) is 35.6 Å². The number of nitrogens with zero attached hydrogens (tertiary/aromatic N) is 3. The first-order chi connectivity index (χ1) is 8.20. The van der Waals surface area contributed by atoms with Gasteiger partial charge in [-0.15, -0.1) is 0 Å². The van der Waals surface area contributed by atoms with Crippen LogP contribution >= 0.6 is 0 Å². The monoisotopic (exact) mass is 233 g/mol. The van der Waals surface area contributed by atoms with Crippen molar-refractivity contribution in [2.24, 2.45) is 11.8 Å². The number of hydrogen-bond acceptors (Lipinski definition) is 3. The smallest absolute Gasteiger partial charge is 0.147 e. The molecule has 0 radical (unpaired) electrons. The Morgan fingerprint density at radius 1 is 1.29 bits per heavy atom. The number of hydrogen-bond donors (Lipinski definition) is 0. The van der Waals surface area contributed by atoms with Gasteiger partial charge < -0.3 is 4.90 Å². The Morgan fingerprint density at radius 3 is 2.59 bits per heavy atom. The van der Waals surface area contributed by atoms with E-state index in [0.717, 1.165) is 42.9 Å². The summed E-state index contributed by atoms with van der Waals surface area (Å²) in [7, 11) is 0. The van der Waals surface area contributed by atoms with Gasteiger partial charge in [0.2, 0.25) is 0 Å². The highest BCUT2D eigenvalue weighted by Crippen LogP contribution is 2.26. The number of anilines is 1. The summed E-state index contributed by atoms with van der Waals surface area (Å²) >= 11 is 0. The van der Waals surface area contributed by atoms with Crippen molar-refractivity contribution in [1.82, 2.24) is 9.97 Å². The zero-order chi connectivity index (χ0) is 12.3. The molecule has 0 aliphatic carbocycles. The summed E-state index contributed by atoms with van der Waals surface area (Å²) in [5.74, 6) is 2.75. The third-order valence-corrected chi connectivity index (χ3v) is 3.84. The van der Waals surface area contributed by atoms with E-state index >= 15 is 0 Å². The fourth-order valence-electron chi connectivity index (χ4n) is 2.51. The van der Waals surface area contributed by atoms with Gasteiger partial charge >= 0.3 is 0 Å². The topological polar surface area (TPSA) is 29.0 Å². The Bertz CT molecular complexity index is 354. The molecule has 0 unspecified atom stereocenters. The second-order valence-electron chi connectivity index (χ2n) is 5.29. The van der Waals surface area contributed by atoms with Crippen molar-refractivity contribution in [2.75, 3.05) is 18.0 Å². The van der Waals surface area contributed by atoms with E-state index in [1.807, 2.05) is 12.4 Å². The summed E-state index contributed by atoms with van der Waals surface area (Å²) in [4.78, 5) is 11.3. The van der Waals surface area contributed by atoms with E-state index in [1.54, 1.807) is 0 Å². The molecule has 1 fully saturated rings. The van der Waals surface area contributed by atoms with Crippen molar-refractivity contribution < 1.29 is 0 Å². The summed E-state index contributed by atoms with van der Waals surface area (Å²) in [6.07, 6.45) is 7.30. The third kappa shape index (κ3) is 2.96. The van der Waals surface area contributed by atoms with Crippen LogP contribution in [0.4, 0.5) is 5.82 Å². The van der Waals surface area contributed by atoms with Crippen LogP contribution in [0.3, 0.4) is 0 Å². The molecular weight excluding hydrogens is 210 g/mol. The summed E-state index contributed by atoms with van der Waals surface area (Å²) in [5.41, 5.74) is 1.09. The first kappa shape index (κ1) is 12.3. The number of aryl methyl sites for hydroxylation is 1. The SMILES string of the molecule is CCc1cncc(N2CCC(C(C)C)CC2)n1. The lowest BCUT2D eigenvalue weighted by Gasteiger charge is -2.34. The first-order valence-corrected chi connectivity index (χ1v) is 6.76. The molecule has 17 heavy (non-hydrogen) atoms. The second kappa shape index (κ2) is 5.48. The Balaban J connectivity index is 2.00. The van der Waals surface area contributed by atoms with Gasteiger partial charge in [-0.05, 0) is 31.1 Å². The van der Waals surface area contributed by atoms with Crippen LogP contribution in [0, 0.1) is 11.8 Å². The van der Waals surface area contributed by atoms with Crippen LogP contribution in [0.2, 0.25) is 0 Å². The van der Waals surface area contributed by atoms with Gasteiger partial charge in [0.25, 0.3) is 0 Å². The van der Waals surface area contributed by atoms with Crippen LogP contribution in [-0.2, 0) is 6.42 Å². The second-order valence-corrected chi connectivity index (χ2v) is 5.29. The lowest BCUT2D eigenvalue weighted by atomic mass is 9.87. The normalized spacial score (nSPS) is 17.8. The van der Waals surface area contributed by atoms with Crippen molar-refractivity contribution >= 4 is 5.82 Å². The molecule has 1 aromatic heterocycles. The van der Waals surface area contributed by atoms with Crippen LogP contribution in [0.25, 0.3) is 0 Å². The molecule has 0 N–H and O–H groups in total. The molecule has 0 bridgehead atoms. The maximum atomic E-state index is 4.65. The third-order valence-electron chi connectivity index (χ3n) is 3.84. The van der Waals surface area contributed by atoms with Gasteiger partial charge in [0.15, 0.2) is 0 Å². The zero-order valence-electron chi connectivity index (χ0n) is 11.2. The summed E-state index contributed by atoms with van der Waals surface area (Å²) in [6.45, 7) is 9.05. The molecule has 0 atom stereocenters.